The highest BCUT2D eigenvalue weighted by Gasteiger charge is 2.36. The average Bonchev–Trinajstić information content (AvgIpc) is 2.41. The van der Waals surface area contributed by atoms with Crippen molar-refractivity contribution in [3.8, 4) is 23.0 Å². The molecule has 106 valence electrons. The average molecular weight is 278 g/mol. The van der Waals surface area contributed by atoms with E-state index >= 15 is 0 Å². The lowest BCUT2D eigenvalue weighted by Gasteiger charge is -2.20. The molecule has 1 aliphatic rings. The lowest BCUT2D eigenvalue weighted by molar-refractivity contribution is 0.0971. The van der Waals surface area contributed by atoms with E-state index in [-0.39, 0.29) is 26.5 Å². The lowest BCUT2D eigenvalue weighted by Crippen LogP contribution is -2.21. The second kappa shape index (κ2) is 3.74. The molecule has 2 aromatic rings. The first-order chi connectivity index (χ1) is 9.43. The Hall–Kier alpha value is -3.02. The molecular weight excluding hydrogens is 264 g/mol. The smallest absolute Gasteiger partial charge is 0.202 e. The molecule has 0 bridgehead atoms. The molecule has 0 atom stereocenters. The maximum atomic E-state index is 12.3. The van der Waals surface area contributed by atoms with Gasteiger partial charge in [0.25, 0.3) is 0 Å². The lowest BCUT2D eigenvalue weighted by atomic mass is 9.82. The Bertz CT molecular complexity index is 800. The normalized spacial score (nSPS) is 13.0. The van der Waals surface area contributed by atoms with Crippen LogP contribution >= 0.6 is 0 Å². The summed E-state index contributed by atoms with van der Waals surface area (Å²) >= 11 is 0. The largest absolute Gasteiger partial charge is 0.507 e. The fourth-order valence-corrected chi connectivity index (χ4v) is 2.30. The van der Waals surface area contributed by atoms with E-state index in [1.165, 1.54) is 6.07 Å². The van der Waals surface area contributed by atoms with E-state index in [9.17, 15) is 30.0 Å². The molecule has 6 nitrogen and oxygen atoms in total. The summed E-state index contributed by atoms with van der Waals surface area (Å²) in [5.41, 5.74) is -1.22. The number of aromatic hydroxyl groups is 4. The van der Waals surface area contributed by atoms with E-state index in [4.69, 9.17) is 0 Å². The molecule has 0 radical (unpaired) electrons. The summed E-state index contributed by atoms with van der Waals surface area (Å²) in [6.45, 7) is 0. The molecule has 0 spiro atoms. The molecule has 6 heteroatoms. The summed E-state index contributed by atoms with van der Waals surface area (Å²) in [7, 11) is 0. The van der Waals surface area contributed by atoms with Gasteiger partial charge in [0.2, 0.25) is 5.78 Å². The fourth-order valence-electron chi connectivity index (χ4n) is 2.30. The van der Waals surface area contributed by atoms with Crippen LogP contribution in [0.3, 0.4) is 0 Å². The minimum Gasteiger partial charge on any atom is -0.507 e. The van der Waals surface area contributed by atoms with E-state index in [2.05, 4.69) is 0 Å². The van der Waals surface area contributed by atoms with Crippen LogP contribution in [-0.4, -0.2) is 32.0 Å². The summed E-state index contributed by atoms with van der Waals surface area (Å²) in [6.07, 6.45) is 0. The highest BCUT2D eigenvalue weighted by Crippen LogP contribution is 2.42. The predicted octanol–water partition coefficient (Wildman–Crippen LogP) is 2.02. The minimum absolute atomic E-state index is 0. The van der Waals surface area contributed by atoms with Gasteiger partial charge in [-0.1, -0.05) is 0 Å². The van der Waals surface area contributed by atoms with Gasteiger partial charge in [0, 0.05) is 9.84 Å². The Kier molecular flexibility index (Phi) is 2.25. The van der Waals surface area contributed by atoms with Gasteiger partial charge in [-0.15, -0.1) is 0 Å². The molecule has 0 unspecified atom stereocenters. The van der Waals surface area contributed by atoms with Crippen molar-refractivity contribution in [2.24, 2.45) is 0 Å². The van der Waals surface area contributed by atoms with Gasteiger partial charge in [0.1, 0.15) is 11.5 Å². The molecule has 0 heterocycles. The van der Waals surface area contributed by atoms with Crippen LogP contribution in [0.1, 0.15) is 36.1 Å². The van der Waals surface area contributed by atoms with Crippen molar-refractivity contribution >= 4 is 11.6 Å². The van der Waals surface area contributed by atoms with Crippen molar-refractivity contribution < 1.29 is 34.3 Å². The van der Waals surface area contributed by atoms with Gasteiger partial charge in [0.05, 0.1) is 16.7 Å². The number of fused-ring (bicyclic) bond motifs is 2. The van der Waals surface area contributed by atoms with Gasteiger partial charge in [-0.2, -0.15) is 0 Å². The quantitative estimate of drug-likeness (QED) is 0.369. The van der Waals surface area contributed by atoms with Crippen molar-refractivity contribution in [1.82, 2.24) is 0 Å². The fraction of sp³-hybridized carbons (Fsp3) is 0. The molecule has 0 amide bonds. The third-order valence-corrected chi connectivity index (χ3v) is 3.24. The maximum absolute atomic E-state index is 12.3. The Morgan fingerprint density at radius 3 is 1.75 bits per heavy atom. The van der Waals surface area contributed by atoms with E-state index in [1.54, 1.807) is 0 Å². The zero-order chi connectivity index (χ0) is 14.6. The molecule has 2 aromatic carbocycles. The molecule has 4 N–H and O–H groups in total. The summed E-state index contributed by atoms with van der Waals surface area (Å²) in [5.74, 6) is -3.74. The van der Waals surface area contributed by atoms with Crippen molar-refractivity contribution in [2.45, 2.75) is 0 Å². The Labute approximate surface area is 116 Å². The molecule has 0 saturated heterocycles. The van der Waals surface area contributed by atoms with Gasteiger partial charge in [-0.25, -0.2) is 0 Å². The second-order valence-corrected chi connectivity index (χ2v) is 4.37. The monoisotopic (exact) mass is 278 g/mol. The van der Waals surface area contributed by atoms with Gasteiger partial charge in [0.15, 0.2) is 17.3 Å². The van der Waals surface area contributed by atoms with Crippen molar-refractivity contribution in [3.05, 3.63) is 46.5 Å². The van der Waals surface area contributed by atoms with Crippen LogP contribution in [0.5, 0.6) is 23.0 Å². The van der Waals surface area contributed by atoms with Crippen LogP contribution in [0.2, 0.25) is 0 Å². The highest BCUT2D eigenvalue weighted by molar-refractivity contribution is 6.31. The summed E-state index contributed by atoms with van der Waals surface area (Å²) < 4.78 is 0. The van der Waals surface area contributed by atoms with E-state index in [1.807, 2.05) is 0 Å². The van der Waals surface area contributed by atoms with Crippen LogP contribution in [0.25, 0.3) is 0 Å². The van der Waals surface area contributed by atoms with E-state index in [0.29, 0.717) is 0 Å². The van der Waals surface area contributed by atoms with E-state index < -0.39 is 34.6 Å². The standard InChI is InChI=1S/C14H8O6.3H2/c15-6-3-4-7(16)11-10(6)12(18)5-1-2-8(17)13(19)9(5)14(11)20;;;/h1-4,15-17,19H;3*1H. The third kappa shape index (κ3) is 1.33. The maximum Gasteiger partial charge on any atom is 0.202 e. The number of phenolic OH excluding ortho intramolecular Hbond substituents is 4. The number of carbonyl (C=O) groups is 2. The van der Waals surface area contributed by atoms with Crippen molar-refractivity contribution in [1.29, 1.82) is 0 Å². The zero-order valence-electron chi connectivity index (χ0n) is 9.91. The first-order valence-corrected chi connectivity index (χ1v) is 5.62. The molecule has 0 aliphatic heterocycles. The van der Waals surface area contributed by atoms with Gasteiger partial charge in [-0.05, 0) is 24.3 Å². The Morgan fingerprint density at radius 2 is 1.15 bits per heavy atom. The molecule has 0 saturated carbocycles. The van der Waals surface area contributed by atoms with Gasteiger partial charge < -0.3 is 20.4 Å². The minimum atomic E-state index is -0.837. The van der Waals surface area contributed by atoms with Crippen LogP contribution in [0.15, 0.2) is 24.3 Å². The zero-order valence-corrected chi connectivity index (χ0v) is 9.91. The molecule has 0 fully saturated rings. The molecule has 3 rings (SSSR count). The van der Waals surface area contributed by atoms with Crippen molar-refractivity contribution in [3.63, 3.8) is 0 Å². The predicted molar refractivity (Wildman–Crippen MR) is 72.8 cm³/mol. The highest BCUT2D eigenvalue weighted by atomic mass is 16.3. The van der Waals surface area contributed by atoms with Crippen LogP contribution < -0.4 is 0 Å². The number of rotatable bonds is 0. The SMILES string of the molecule is O=C1c2ccc(O)c(O)c2C(=O)c2c(O)ccc(O)c21.[HH].[HH].[HH]. The Balaban J connectivity index is 0.00000161. The number of ketones is 2. The van der Waals surface area contributed by atoms with Crippen LogP contribution in [0.4, 0.5) is 0 Å². The number of carbonyl (C=O) groups excluding carboxylic acids is 2. The van der Waals surface area contributed by atoms with Gasteiger partial charge >= 0.3 is 0 Å². The molecule has 20 heavy (non-hydrogen) atoms. The summed E-state index contributed by atoms with van der Waals surface area (Å²) in [5, 5.41) is 38.6. The Morgan fingerprint density at radius 1 is 0.650 bits per heavy atom. The second-order valence-electron chi connectivity index (χ2n) is 4.37. The summed E-state index contributed by atoms with van der Waals surface area (Å²) in [6, 6.07) is 4.43. The number of hydrogen-bond acceptors (Lipinski definition) is 6. The van der Waals surface area contributed by atoms with E-state index in [0.717, 1.165) is 18.2 Å². The summed E-state index contributed by atoms with van der Waals surface area (Å²) in [4.78, 5) is 24.6. The number of phenols is 4. The number of hydrogen-bond donors (Lipinski definition) is 4. The molecule has 1 aliphatic carbocycles. The van der Waals surface area contributed by atoms with Crippen LogP contribution in [0, 0.1) is 0 Å². The first-order valence-electron chi connectivity index (χ1n) is 5.62. The van der Waals surface area contributed by atoms with Crippen LogP contribution in [-0.2, 0) is 0 Å². The molecule has 0 aromatic heterocycles. The van der Waals surface area contributed by atoms with Gasteiger partial charge in [-0.3, -0.25) is 9.59 Å². The molecular formula is C14H14O6. The number of benzene rings is 2. The topological polar surface area (TPSA) is 115 Å². The first kappa shape index (κ1) is 12.0. The van der Waals surface area contributed by atoms with Crippen molar-refractivity contribution in [2.75, 3.05) is 0 Å². The third-order valence-electron chi connectivity index (χ3n) is 3.24.